The number of aryl methyl sites for hydroxylation is 2. The van der Waals surface area contributed by atoms with E-state index in [9.17, 15) is 4.79 Å². The van der Waals surface area contributed by atoms with Crippen LogP contribution in [-0.2, 0) is 0 Å². The normalized spacial score (nSPS) is 10.9. The van der Waals surface area contributed by atoms with Gasteiger partial charge in [-0.15, -0.1) is 0 Å². The van der Waals surface area contributed by atoms with Crippen molar-refractivity contribution in [2.75, 3.05) is 0 Å². The summed E-state index contributed by atoms with van der Waals surface area (Å²) in [6.07, 6.45) is 1.66. The Morgan fingerprint density at radius 3 is 2.65 bits per heavy atom. The molecule has 3 rings (SSSR count). The fourth-order valence-electron chi connectivity index (χ4n) is 2.12. The fraction of sp³-hybridized carbons (Fsp3) is 0.133. The highest BCUT2D eigenvalue weighted by molar-refractivity contribution is 5.87. The molecule has 2 aromatic heterocycles. The van der Waals surface area contributed by atoms with Crippen LogP contribution in [0.5, 0.6) is 0 Å². The number of fused-ring (bicyclic) bond motifs is 1. The molecule has 0 saturated carbocycles. The Hall–Kier alpha value is -2.69. The van der Waals surface area contributed by atoms with E-state index in [1.54, 1.807) is 10.7 Å². The SMILES string of the molecule is Cc1ccc(-c2ccnc3cc(C(=O)O)nn23)cc1C. The highest BCUT2D eigenvalue weighted by Gasteiger charge is 2.12. The van der Waals surface area contributed by atoms with Crippen molar-refractivity contribution < 1.29 is 9.90 Å². The van der Waals surface area contributed by atoms with Gasteiger partial charge >= 0.3 is 5.97 Å². The molecule has 5 heteroatoms. The summed E-state index contributed by atoms with van der Waals surface area (Å²) in [6, 6.07) is 9.40. The average molecular weight is 267 g/mol. The standard InChI is InChI=1S/C15H13N3O2/c1-9-3-4-11(7-10(9)2)13-5-6-16-14-8-12(15(19)20)17-18(13)14/h3-8H,1-2H3,(H,19,20). The summed E-state index contributed by atoms with van der Waals surface area (Å²) < 4.78 is 1.56. The Morgan fingerprint density at radius 1 is 1.15 bits per heavy atom. The van der Waals surface area contributed by atoms with Gasteiger partial charge in [-0.3, -0.25) is 0 Å². The minimum atomic E-state index is -1.05. The molecule has 0 fully saturated rings. The predicted octanol–water partition coefficient (Wildman–Crippen LogP) is 2.71. The van der Waals surface area contributed by atoms with Crippen LogP contribution in [0.25, 0.3) is 16.9 Å². The van der Waals surface area contributed by atoms with Gasteiger partial charge in [-0.1, -0.05) is 12.1 Å². The van der Waals surface area contributed by atoms with Crippen LogP contribution in [0.4, 0.5) is 0 Å². The molecule has 0 radical (unpaired) electrons. The summed E-state index contributed by atoms with van der Waals surface area (Å²) in [5, 5.41) is 13.1. The molecule has 100 valence electrons. The van der Waals surface area contributed by atoms with Crippen LogP contribution >= 0.6 is 0 Å². The minimum Gasteiger partial charge on any atom is -0.476 e. The molecule has 1 aromatic carbocycles. The molecule has 0 saturated heterocycles. The van der Waals surface area contributed by atoms with Crippen molar-refractivity contribution in [1.82, 2.24) is 14.6 Å². The molecular formula is C15H13N3O2. The lowest BCUT2D eigenvalue weighted by atomic mass is 10.0. The molecule has 0 amide bonds. The number of nitrogens with zero attached hydrogens (tertiary/aromatic N) is 3. The van der Waals surface area contributed by atoms with E-state index in [-0.39, 0.29) is 5.69 Å². The van der Waals surface area contributed by atoms with Gasteiger partial charge in [0.2, 0.25) is 0 Å². The summed E-state index contributed by atoms with van der Waals surface area (Å²) in [4.78, 5) is 15.2. The number of aromatic carboxylic acids is 1. The van der Waals surface area contributed by atoms with E-state index in [4.69, 9.17) is 5.11 Å². The van der Waals surface area contributed by atoms with Crippen LogP contribution < -0.4 is 0 Å². The number of hydrogen-bond donors (Lipinski definition) is 1. The van der Waals surface area contributed by atoms with Crippen LogP contribution in [0.3, 0.4) is 0 Å². The monoisotopic (exact) mass is 267 g/mol. The number of carboxylic acid groups (broad SMARTS) is 1. The Labute approximate surface area is 115 Å². The van der Waals surface area contributed by atoms with E-state index in [1.807, 2.05) is 25.1 Å². The molecule has 0 aliphatic heterocycles. The van der Waals surface area contributed by atoms with Gasteiger partial charge in [0.05, 0.1) is 5.69 Å². The highest BCUT2D eigenvalue weighted by atomic mass is 16.4. The first kappa shape index (κ1) is 12.3. The van der Waals surface area contributed by atoms with E-state index in [0.717, 1.165) is 11.3 Å². The number of carboxylic acids is 1. The lowest BCUT2D eigenvalue weighted by Crippen LogP contribution is -2.00. The van der Waals surface area contributed by atoms with Crippen LogP contribution in [0, 0.1) is 13.8 Å². The van der Waals surface area contributed by atoms with Gasteiger partial charge in [-0.2, -0.15) is 5.10 Å². The van der Waals surface area contributed by atoms with Crippen molar-refractivity contribution in [1.29, 1.82) is 0 Å². The number of rotatable bonds is 2. The van der Waals surface area contributed by atoms with Crippen LogP contribution in [0.1, 0.15) is 21.6 Å². The molecule has 0 unspecified atom stereocenters. The van der Waals surface area contributed by atoms with Crippen molar-refractivity contribution in [3.8, 4) is 11.3 Å². The first-order valence-corrected chi connectivity index (χ1v) is 6.22. The average Bonchev–Trinajstić information content (AvgIpc) is 2.86. The summed E-state index contributed by atoms with van der Waals surface area (Å²) >= 11 is 0. The molecular weight excluding hydrogens is 254 g/mol. The van der Waals surface area contributed by atoms with E-state index in [2.05, 4.69) is 23.1 Å². The molecule has 1 N–H and O–H groups in total. The van der Waals surface area contributed by atoms with Crippen LogP contribution in [0.2, 0.25) is 0 Å². The number of benzene rings is 1. The predicted molar refractivity (Wildman–Crippen MR) is 74.9 cm³/mol. The Morgan fingerprint density at radius 2 is 1.95 bits per heavy atom. The molecule has 2 heterocycles. The van der Waals surface area contributed by atoms with Gasteiger partial charge in [0.15, 0.2) is 11.3 Å². The lowest BCUT2D eigenvalue weighted by molar-refractivity contribution is 0.0690. The quantitative estimate of drug-likeness (QED) is 0.775. The number of carbonyl (C=O) groups is 1. The molecule has 0 bridgehead atoms. The summed E-state index contributed by atoms with van der Waals surface area (Å²) in [6.45, 7) is 4.10. The van der Waals surface area contributed by atoms with E-state index in [0.29, 0.717) is 5.65 Å². The maximum absolute atomic E-state index is 11.0. The first-order chi connectivity index (χ1) is 9.56. The molecule has 5 nitrogen and oxygen atoms in total. The maximum Gasteiger partial charge on any atom is 0.356 e. The highest BCUT2D eigenvalue weighted by Crippen LogP contribution is 2.22. The zero-order chi connectivity index (χ0) is 14.3. The number of aromatic nitrogens is 3. The summed E-state index contributed by atoms with van der Waals surface area (Å²) in [7, 11) is 0. The van der Waals surface area contributed by atoms with E-state index < -0.39 is 5.97 Å². The topological polar surface area (TPSA) is 67.5 Å². The van der Waals surface area contributed by atoms with Crippen molar-refractivity contribution in [2.45, 2.75) is 13.8 Å². The van der Waals surface area contributed by atoms with Gasteiger partial charge in [0.25, 0.3) is 0 Å². The van der Waals surface area contributed by atoms with Crippen molar-refractivity contribution >= 4 is 11.6 Å². The maximum atomic E-state index is 11.0. The fourth-order valence-corrected chi connectivity index (χ4v) is 2.12. The lowest BCUT2D eigenvalue weighted by Gasteiger charge is -2.07. The largest absolute Gasteiger partial charge is 0.476 e. The first-order valence-electron chi connectivity index (χ1n) is 6.22. The zero-order valence-corrected chi connectivity index (χ0v) is 11.2. The Kier molecular flexibility index (Phi) is 2.75. The van der Waals surface area contributed by atoms with Crippen molar-refractivity contribution in [3.05, 3.63) is 53.3 Å². The molecule has 3 aromatic rings. The number of hydrogen-bond acceptors (Lipinski definition) is 3. The molecule has 0 aliphatic rings. The summed E-state index contributed by atoms with van der Waals surface area (Å²) in [5.41, 5.74) is 4.72. The van der Waals surface area contributed by atoms with Crippen molar-refractivity contribution in [3.63, 3.8) is 0 Å². The third kappa shape index (κ3) is 1.93. The van der Waals surface area contributed by atoms with Crippen molar-refractivity contribution in [2.24, 2.45) is 0 Å². The molecule has 0 atom stereocenters. The second kappa shape index (κ2) is 4.45. The second-order valence-corrected chi connectivity index (χ2v) is 4.73. The summed E-state index contributed by atoms with van der Waals surface area (Å²) in [5.74, 6) is -1.05. The smallest absolute Gasteiger partial charge is 0.356 e. The minimum absolute atomic E-state index is 0.00576. The van der Waals surface area contributed by atoms with Gasteiger partial charge in [0, 0.05) is 17.8 Å². The molecule has 20 heavy (non-hydrogen) atoms. The van der Waals surface area contributed by atoms with Gasteiger partial charge in [0.1, 0.15) is 0 Å². The van der Waals surface area contributed by atoms with E-state index in [1.165, 1.54) is 17.2 Å². The van der Waals surface area contributed by atoms with Crippen LogP contribution in [0.15, 0.2) is 36.5 Å². The van der Waals surface area contributed by atoms with Gasteiger partial charge < -0.3 is 5.11 Å². The third-order valence-electron chi connectivity index (χ3n) is 3.38. The third-order valence-corrected chi connectivity index (χ3v) is 3.38. The second-order valence-electron chi connectivity index (χ2n) is 4.73. The Balaban J connectivity index is 2.24. The van der Waals surface area contributed by atoms with Gasteiger partial charge in [-0.05, 0) is 37.1 Å². The molecule has 0 spiro atoms. The zero-order valence-electron chi connectivity index (χ0n) is 11.2. The molecule has 0 aliphatic carbocycles. The van der Waals surface area contributed by atoms with Gasteiger partial charge in [-0.25, -0.2) is 14.3 Å². The van der Waals surface area contributed by atoms with E-state index >= 15 is 0 Å². The Bertz CT molecular complexity index is 821. The van der Waals surface area contributed by atoms with Crippen LogP contribution in [-0.4, -0.2) is 25.7 Å².